The lowest BCUT2D eigenvalue weighted by molar-refractivity contribution is 0.173. The fraction of sp³-hybridized carbons (Fsp3) is 0.533. The van der Waals surface area contributed by atoms with Gasteiger partial charge in [0.05, 0.1) is 17.6 Å². The molecule has 0 aliphatic heterocycles. The Morgan fingerprint density at radius 1 is 1.55 bits per heavy atom. The molecule has 3 rings (SSSR count). The highest BCUT2D eigenvalue weighted by atomic mass is 32.2. The minimum absolute atomic E-state index is 0.0970. The van der Waals surface area contributed by atoms with E-state index in [1.165, 1.54) is 5.56 Å². The third-order valence-corrected chi connectivity index (χ3v) is 5.44. The normalized spacial score (nSPS) is 26.4. The predicted molar refractivity (Wildman–Crippen MR) is 83.2 cm³/mol. The Balaban J connectivity index is 1.74. The number of aliphatic hydroxyl groups is 1. The zero-order chi connectivity index (χ0) is 14.2. The van der Waals surface area contributed by atoms with Gasteiger partial charge in [-0.15, -0.1) is 0 Å². The predicted octanol–water partition coefficient (Wildman–Crippen LogP) is 2.47. The van der Waals surface area contributed by atoms with Crippen molar-refractivity contribution in [2.45, 2.75) is 42.1 Å². The molecule has 3 N–H and O–H groups in total. The number of nitrogens with one attached hydrogen (secondary N) is 2. The molecule has 1 fully saturated rings. The van der Waals surface area contributed by atoms with Crippen molar-refractivity contribution in [1.29, 1.82) is 0 Å². The first-order chi connectivity index (χ1) is 9.64. The number of hydrogen-bond donors (Lipinski definition) is 3. The number of hydrogen-bond acceptors (Lipinski definition) is 4. The van der Waals surface area contributed by atoms with Gasteiger partial charge in [-0.1, -0.05) is 17.8 Å². The van der Waals surface area contributed by atoms with Crippen molar-refractivity contribution < 1.29 is 5.11 Å². The van der Waals surface area contributed by atoms with Gasteiger partial charge >= 0.3 is 0 Å². The SMILES string of the molecule is CNC1(CO)CCC(Sc2nc3ccc(C)cc3[nH]2)C1. The lowest BCUT2D eigenvalue weighted by Gasteiger charge is -2.26. The molecule has 20 heavy (non-hydrogen) atoms. The van der Waals surface area contributed by atoms with Crippen LogP contribution < -0.4 is 5.32 Å². The Bertz CT molecular complexity index is 606. The van der Waals surface area contributed by atoms with E-state index in [2.05, 4.69) is 40.4 Å². The van der Waals surface area contributed by atoms with Gasteiger partial charge in [-0.25, -0.2) is 4.98 Å². The molecule has 2 aromatic rings. The summed E-state index contributed by atoms with van der Waals surface area (Å²) < 4.78 is 0. The van der Waals surface area contributed by atoms with E-state index in [1.54, 1.807) is 11.8 Å². The fourth-order valence-corrected chi connectivity index (χ4v) is 4.22. The second-order valence-corrected chi connectivity index (χ2v) is 7.02. The molecule has 1 aliphatic rings. The van der Waals surface area contributed by atoms with Crippen molar-refractivity contribution in [2.24, 2.45) is 0 Å². The Morgan fingerprint density at radius 2 is 2.40 bits per heavy atom. The highest BCUT2D eigenvalue weighted by molar-refractivity contribution is 7.99. The zero-order valence-electron chi connectivity index (χ0n) is 11.9. The summed E-state index contributed by atoms with van der Waals surface area (Å²) in [6, 6.07) is 6.28. The molecule has 1 heterocycles. The average Bonchev–Trinajstić information content (AvgIpc) is 3.03. The molecule has 2 unspecified atom stereocenters. The van der Waals surface area contributed by atoms with E-state index in [0.29, 0.717) is 5.25 Å². The summed E-state index contributed by atoms with van der Waals surface area (Å²) in [5.41, 5.74) is 3.28. The zero-order valence-corrected chi connectivity index (χ0v) is 12.8. The molecular weight excluding hydrogens is 270 g/mol. The fourth-order valence-electron chi connectivity index (χ4n) is 2.94. The molecular formula is C15H21N3OS. The van der Waals surface area contributed by atoms with Gasteiger partial charge in [-0.05, 0) is 50.9 Å². The van der Waals surface area contributed by atoms with E-state index < -0.39 is 0 Å². The maximum atomic E-state index is 9.55. The number of aryl methyl sites for hydroxylation is 1. The first-order valence-corrected chi connectivity index (χ1v) is 7.95. The summed E-state index contributed by atoms with van der Waals surface area (Å²) in [5.74, 6) is 0. The number of fused-ring (bicyclic) bond motifs is 1. The molecule has 1 aromatic heterocycles. The largest absolute Gasteiger partial charge is 0.394 e. The molecule has 1 saturated carbocycles. The number of nitrogens with zero attached hydrogens (tertiary/aromatic N) is 1. The van der Waals surface area contributed by atoms with Crippen LogP contribution in [0.2, 0.25) is 0 Å². The molecule has 1 aliphatic carbocycles. The van der Waals surface area contributed by atoms with Crippen LogP contribution in [-0.4, -0.2) is 39.5 Å². The monoisotopic (exact) mass is 291 g/mol. The van der Waals surface area contributed by atoms with Gasteiger partial charge in [-0.3, -0.25) is 0 Å². The van der Waals surface area contributed by atoms with E-state index in [-0.39, 0.29) is 12.1 Å². The minimum Gasteiger partial charge on any atom is -0.394 e. The van der Waals surface area contributed by atoms with Crippen molar-refractivity contribution in [1.82, 2.24) is 15.3 Å². The van der Waals surface area contributed by atoms with E-state index in [4.69, 9.17) is 0 Å². The first kappa shape index (κ1) is 13.9. The molecule has 108 valence electrons. The number of thioether (sulfide) groups is 1. The molecule has 1 aromatic carbocycles. The summed E-state index contributed by atoms with van der Waals surface area (Å²) >= 11 is 1.80. The van der Waals surface area contributed by atoms with Gasteiger partial charge in [0.25, 0.3) is 0 Å². The lowest BCUT2D eigenvalue weighted by atomic mass is 10.00. The van der Waals surface area contributed by atoms with Crippen molar-refractivity contribution in [3.63, 3.8) is 0 Å². The highest BCUT2D eigenvalue weighted by Gasteiger charge is 2.38. The first-order valence-electron chi connectivity index (χ1n) is 7.07. The van der Waals surface area contributed by atoms with Crippen LogP contribution in [0.1, 0.15) is 24.8 Å². The summed E-state index contributed by atoms with van der Waals surface area (Å²) in [5, 5.41) is 14.3. The van der Waals surface area contributed by atoms with Crippen LogP contribution in [0.4, 0.5) is 0 Å². The third kappa shape index (κ3) is 2.57. The number of aliphatic hydroxyl groups excluding tert-OH is 1. The second kappa shape index (κ2) is 5.39. The second-order valence-electron chi connectivity index (χ2n) is 5.73. The topological polar surface area (TPSA) is 60.9 Å². The number of likely N-dealkylation sites (N-methyl/N-ethyl adjacent to an activating group) is 1. The molecule has 2 atom stereocenters. The van der Waals surface area contributed by atoms with Crippen LogP contribution in [0.25, 0.3) is 11.0 Å². The van der Waals surface area contributed by atoms with Crippen LogP contribution in [0.5, 0.6) is 0 Å². The molecule has 4 nitrogen and oxygen atoms in total. The quantitative estimate of drug-likeness (QED) is 0.810. The van der Waals surface area contributed by atoms with Gasteiger partial charge in [0.1, 0.15) is 0 Å². The Labute approximate surface area is 123 Å². The van der Waals surface area contributed by atoms with Gasteiger partial charge in [0.15, 0.2) is 5.16 Å². The molecule has 5 heteroatoms. The van der Waals surface area contributed by atoms with Gasteiger partial charge in [0.2, 0.25) is 0 Å². The maximum Gasteiger partial charge on any atom is 0.166 e. The van der Waals surface area contributed by atoms with Gasteiger partial charge in [0, 0.05) is 10.8 Å². The van der Waals surface area contributed by atoms with Crippen molar-refractivity contribution in [3.05, 3.63) is 23.8 Å². The summed E-state index contributed by atoms with van der Waals surface area (Å²) in [6.07, 6.45) is 3.12. The van der Waals surface area contributed by atoms with E-state index in [0.717, 1.165) is 35.5 Å². The standard InChI is InChI=1S/C15H21N3OS/c1-10-3-4-12-13(7-10)18-14(17-12)20-11-5-6-15(8-11,9-19)16-2/h3-4,7,11,16,19H,5-6,8-9H2,1-2H3,(H,17,18). The molecule has 0 amide bonds. The number of aromatic amines is 1. The third-order valence-electron chi connectivity index (χ3n) is 4.29. The number of H-pyrrole nitrogens is 1. The van der Waals surface area contributed by atoms with Gasteiger partial charge < -0.3 is 15.4 Å². The van der Waals surface area contributed by atoms with Gasteiger partial charge in [-0.2, -0.15) is 0 Å². The summed E-state index contributed by atoms with van der Waals surface area (Å²) in [6.45, 7) is 2.30. The number of rotatable bonds is 4. The smallest absolute Gasteiger partial charge is 0.166 e. The Kier molecular flexibility index (Phi) is 3.75. The van der Waals surface area contributed by atoms with Crippen LogP contribution >= 0.6 is 11.8 Å². The van der Waals surface area contributed by atoms with Crippen molar-refractivity contribution in [3.8, 4) is 0 Å². The highest BCUT2D eigenvalue weighted by Crippen LogP contribution is 2.39. The number of benzene rings is 1. The van der Waals surface area contributed by atoms with Crippen LogP contribution in [0, 0.1) is 6.92 Å². The Hall–Kier alpha value is -1.04. The average molecular weight is 291 g/mol. The molecule has 0 bridgehead atoms. The van der Waals surface area contributed by atoms with E-state index in [9.17, 15) is 5.11 Å². The molecule has 0 saturated heterocycles. The van der Waals surface area contributed by atoms with Crippen LogP contribution in [-0.2, 0) is 0 Å². The number of imidazole rings is 1. The van der Waals surface area contributed by atoms with Crippen LogP contribution in [0.3, 0.4) is 0 Å². The lowest BCUT2D eigenvalue weighted by Crippen LogP contribution is -2.44. The summed E-state index contributed by atoms with van der Waals surface area (Å²) in [7, 11) is 1.94. The van der Waals surface area contributed by atoms with Crippen LogP contribution in [0.15, 0.2) is 23.4 Å². The van der Waals surface area contributed by atoms with E-state index >= 15 is 0 Å². The van der Waals surface area contributed by atoms with E-state index in [1.807, 2.05) is 7.05 Å². The minimum atomic E-state index is -0.0970. The Morgan fingerprint density at radius 3 is 3.10 bits per heavy atom. The molecule has 0 radical (unpaired) electrons. The maximum absolute atomic E-state index is 9.55. The molecule has 0 spiro atoms. The van der Waals surface area contributed by atoms with Crippen molar-refractivity contribution >= 4 is 22.8 Å². The number of aromatic nitrogens is 2. The summed E-state index contributed by atoms with van der Waals surface area (Å²) in [4.78, 5) is 8.04. The van der Waals surface area contributed by atoms with Crippen molar-refractivity contribution in [2.75, 3.05) is 13.7 Å².